The Balaban J connectivity index is 1.78. The quantitative estimate of drug-likeness (QED) is 0.303. The molecule has 1 aliphatic heterocycles. The van der Waals surface area contributed by atoms with E-state index in [1.165, 1.54) is 0 Å². The molecular weight excluding hydrogens is 410 g/mol. The van der Waals surface area contributed by atoms with Gasteiger partial charge in [0, 0.05) is 57.2 Å². The Morgan fingerprint density at radius 1 is 1.06 bits per heavy atom. The molecule has 0 bridgehead atoms. The lowest BCUT2D eigenvalue weighted by Crippen LogP contribution is -2.48. The molecule has 31 heavy (non-hydrogen) atoms. The first-order valence-electron chi connectivity index (χ1n) is 10.6. The monoisotopic (exact) mass is 441 g/mol. The van der Waals surface area contributed by atoms with Crippen LogP contribution < -0.4 is 16.8 Å². The summed E-state index contributed by atoms with van der Waals surface area (Å²) in [5, 5.41) is 12.2. The Hall–Kier alpha value is -2.74. The summed E-state index contributed by atoms with van der Waals surface area (Å²) in [5.74, 6) is 0.349. The van der Waals surface area contributed by atoms with Gasteiger partial charge in [-0.2, -0.15) is 0 Å². The van der Waals surface area contributed by atoms with Crippen molar-refractivity contribution in [3.8, 4) is 0 Å². The summed E-state index contributed by atoms with van der Waals surface area (Å²) < 4.78 is 0. The fourth-order valence-corrected chi connectivity index (χ4v) is 3.94. The van der Waals surface area contributed by atoms with Crippen molar-refractivity contribution in [2.75, 3.05) is 45.8 Å². The SMILES string of the molecule is CCN1CCN(CCN/C(N)=C(C(=N)c2cc[nH]c2)/C(Cl)=C(\N)c2ccccc2)CC1. The van der Waals surface area contributed by atoms with Crippen LogP contribution >= 0.6 is 11.6 Å². The lowest BCUT2D eigenvalue weighted by molar-refractivity contribution is 0.138. The first-order valence-corrected chi connectivity index (χ1v) is 11.0. The molecule has 2 heterocycles. The summed E-state index contributed by atoms with van der Waals surface area (Å²) in [4.78, 5) is 7.84. The van der Waals surface area contributed by atoms with Crippen molar-refractivity contribution < 1.29 is 0 Å². The van der Waals surface area contributed by atoms with Crippen LogP contribution in [0, 0.1) is 5.41 Å². The Kier molecular flexibility index (Phi) is 8.17. The molecule has 0 amide bonds. The van der Waals surface area contributed by atoms with Crippen molar-refractivity contribution in [1.29, 1.82) is 5.41 Å². The lowest BCUT2D eigenvalue weighted by atomic mass is 10.0. The summed E-state index contributed by atoms with van der Waals surface area (Å²) in [6.07, 6.45) is 3.50. The highest BCUT2D eigenvalue weighted by atomic mass is 35.5. The molecule has 0 radical (unpaired) electrons. The van der Waals surface area contributed by atoms with E-state index in [-0.39, 0.29) is 10.7 Å². The highest BCUT2D eigenvalue weighted by molar-refractivity contribution is 6.39. The van der Waals surface area contributed by atoms with Gasteiger partial charge in [0.15, 0.2) is 0 Å². The number of allylic oxidation sites excluding steroid dienone is 2. The highest BCUT2D eigenvalue weighted by Gasteiger charge is 2.20. The van der Waals surface area contributed by atoms with E-state index in [0.717, 1.165) is 44.8 Å². The van der Waals surface area contributed by atoms with Crippen LogP contribution in [-0.2, 0) is 0 Å². The zero-order valence-electron chi connectivity index (χ0n) is 18.0. The third-order valence-electron chi connectivity index (χ3n) is 5.60. The maximum Gasteiger partial charge on any atom is 0.107 e. The van der Waals surface area contributed by atoms with Crippen LogP contribution in [0.4, 0.5) is 0 Å². The van der Waals surface area contributed by atoms with E-state index in [1.807, 2.05) is 36.4 Å². The van der Waals surface area contributed by atoms with Crippen molar-refractivity contribution in [3.63, 3.8) is 0 Å². The van der Waals surface area contributed by atoms with Gasteiger partial charge in [0.2, 0.25) is 0 Å². The lowest BCUT2D eigenvalue weighted by Gasteiger charge is -2.34. The van der Waals surface area contributed by atoms with Crippen molar-refractivity contribution in [2.45, 2.75) is 6.92 Å². The third kappa shape index (κ3) is 5.91. The van der Waals surface area contributed by atoms with E-state index in [2.05, 4.69) is 27.0 Å². The molecule has 7 nitrogen and oxygen atoms in total. The molecule has 0 atom stereocenters. The molecule has 8 heteroatoms. The van der Waals surface area contributed by atoms with Gasteiger partial charge in [0.05, 0.1) is 22.0 Å². The summed E-state index contributed by atoms with van der Waals surface area (Å²) in [6.45, 7) is 9.11. The van der Waals surface area contributed by atoms with E-state index in [0.29, 0.717) is 29.2 Å². The van der Waals surface area contributed by atoms with Crippen molar-refractivity contribution >= 4 is 23.0 Å². The molecule has 0 aliphatic carbocycles. The molecule has 1 aromatic heterocycles. The van der Waals surface area contributed by atoms with Crippen LogP contribution in [0.2, 0.25) is 0 Å². The molecule has 1 saturated heterocycles. The predicted octanol–water partition coefficient (Wildman–Crippen LogP) is 2.35. The first kappa shape index (κ1) is 22.9. The van der Waals surface area contributed by atoms with E-state index < -0.39 is 0 Å². The first-order chi connectivity index (χ1) is 15.0. The Labute approximate surface area is 189 Å². The van der Waals surface area contributed by atoms with Crippen molar-refractivity contribution in [3.05, 3.63) is 76.3 Å². The zero-order valence-corrected chi connectivity index (χ0v) is 18.8. The van der Waals surface area contributed by atoms with Crippen LogP contribution in [-0.4, -0.2) is 66.3 Å². The molecule has 1 aliphatic rings. The number of nitrogens with two attached hydrogens (primary N) is 2. The number of benzene rings is 1. The van der Waals surface area contributed by atoms with Gasteiger partial charge in [-0.25, -0.2) is 0 Å². The molecule has 0 spiro atoms. The molecule has 3 rings (SSSR count). The van der Waals surface area contributed by atoms with Crippen LogP contribution in [0.5, 0.6) is 0 Å². The van der Waals surface area contributed by atoms with E-state index >= 15 is 0 Å². The van der Waals surface area contributed by atoms with Gasteiger partial charge in [0.1, 0.15) is 5.82 Å². The zero-order chi connectivity index (χ0) is 22.2. The number of nitrogens with one attached hydrogen (secondary N) is 3. The average Bonchev–Trinajstić information content (AvgIpc) is 3.35. The summed E-state index contributed by atoms with van der Waals surface area (Å²) in [6, 6.07) is 11.3. The molecule has 166 valence electrons. The standard InChI is InChI=1S/C23H32ClN7/c1-2-30-12-14-31(15-13-30)11-10-29-23(27)19(21(25)18-8-9-28-16-18)20(24)22(26)17-6-4-3-5-7-17/h3-9,16,25,28-29H,2,10-15,26-27H2,1H3/b22-20+,23-19-,25-21?. The number of hydrogen-bond acceptors (Lipinski definition) is 6. The van der Waals surface area contributed by atoms with Gasteiger partial charge in [-0.15, -0.1) is 0 Å². The molecule has 1 aromatic carbocycles. The minimum absolute atomic E-state index is 0.215. The number of piperazine rings is 1. The minimum Gasteiger partial charge on any atom is -0.397 e. The third-order valence-corrected chi connectivity index (χ3v) is 5.99. The fraction of sp³-hybridized carbons (Fsp3) is 0.348. The van der Waals surface area contributed by atoms with Crippen molar-refractivity contribution in [2.24, 2.45) is 11.5 Å². The van der Waals surface area contributed by atoms with Gasteiger partial charge >= 0.3 is 0 Å². The number of aromatic nitrogens is 1. The smallest absolute Gasteiger partial charge is 0.107 e. The molecular formula is C23H32ClN7. The van der Waals surface area contributed by atoms with Crippen LogP contribution in [0.1, 0.15) is 18.1 Å². The number of halogens is 1. The largest absolute Gasteiger partial charge is 0.397 e. The van der Waals surface area contributed by atoms with Gasteiger partial charge in [-0.3, -0.25) is 10.3 Å². The Bertz CT molecular complexity index is 911. The highest BCUT2D eigenvalue weighted by Crippen LogP contribution is 2.27. The van der Waals surface area contributed by atoms with E-state index in [9.17, 15) is 0 Å². The van der Waals surface area contributed by atoms with Gasteiger partial charge in [-0.05, 0) is 18.2 Å². The number of aromatic amines is 1. The molecule has 7 N–H and O–H groups in total. The second-order valence-corrected chi connectivity index (χ2v) is 7.94. The number of nitrogens with zero attached hydrogens (tertiary/aromatic N) is 2. The fourth-order valence-electron chi connectivity index (χ4n) is 3.63. The maximum absolute atomic E-state index is 8.71. The van der Waals surface area contributed by atoms with Gasteiger partial charge in [-0.1, -0.05) is 48.9 Å². The van der Waals surface area contributed by atoms with Gasteiger partial charge < -0.3 is 26.7 Å². The minimum atomic E-state index is 0.215. The van der Waals surface area contributed by atoms with Crippen LogP contribution in [0.15, 0.2) is 65.2 Å². The normalized spacial score (nSPS) is 17.1. The molecule has 2 aromatic rings. The number of rotatable bonds is 9. The Morgan fingerprint density at radius 2 is 1.74 bits per heavy atom. The predicted molar refractivity (Wildman–Crippen MR) is 129 cm³/mol. The summed E-state index contributed by atoms with van der Waals surface area (Å²) in [7, 11) is 0. The number of H-pyrrole nitrogens is 1. The van der Waals surface area contributed by atoms with E-state index in [4.69, 9.17) is 28.5 Å². The molecule has 0 saturated carbocycles. The van der Waals surface area contributed by atoms with Crippen molar-refractivity contribution in [1.82, 2.24) is 20.1 Å². The van der Waals surface area contributed by atoms with E-state index in [1.54, 1.807) is 12.4 Å². The second-order valence-electron chi connectivity index (χ2n) is 7.56. The number of hydrogen-bond donors (Lipinski definition) is 5. The maximum atomic E-state index is 8.71. The molecule has 0 unspecified atom stereocenters. The van der Waals surface area contributed by atoms with Gasteiger partial charge in [0.25, 0.3) is 0 Å². The average molecular weight is 442 g/mol. The van der Waals surface area contributed by atoms with Crippen LogP contribution in [0.25, 0.3) is 5.70 Å². The molecule has 1 fully saturated rings. The number of likely N-dealkylation sites (N-methyl/N-ethyl adjacent to an activating group) is 1. The van der Waals surface area contributed by atoms with Crippen LogP contribution in [0.3, 0.4) is 0 Å². The second kappa shape index (κ2) is 11.0. The Morgan fingerprint density at radius 3 is 2.35 bits per heavy atom. The summed E-state index contributed by atoms with van der Waals surface area (Å²) >= 11 is 6.71. The summed E-state index contributed by atoms with van der Waals surface area (Å²) in [5.41, 5.74) is 15.2. The topological polar surface area (TPSA) is 110 Å².